The molecule has 1 fully saturated rings. The van der Waals surface area contributed by atoms with E-state index < -0.39 is 6.03 Å². The number of furan rings is 1. The van der Waals surface area contributed by atoms with Crippen LogP contribution in [0.25, 0.3) is 0 Å². The minimum absolute atomic E-state index is 0.459. The van der Waals surface area contributed by atoms with Gasteiger partial charge in [-0.05, 0) is 47.0 Å². The van der Waals surface area contributed by atoms with E-state index in [1.54, 1.807) is 24.3 Å². The summed E-state index contributed by atoms with van der Waals surface area (Å²) in [5.41, 5.74) is 2.97. The van der Waals surface area contributed by atoms with Gasteiger partial charge in [0.1, 0.15) is 0 Å². The second-order valence-electron chi connectivity index (χ2n) is 5.33. The molecule has 0 aliphatic carbocycles. The summed E-state index contributed by atoms with van der Waals surface area (Å²) in [5, 5.41) is 7.07. The van der Waals surface area contributed by atoms with E-state index in [1.807, 2.05) is 6.07 Å². The van der Waals surface area contributed by atoms with Crippen LogP contribution >= 0.6 is 27.5 Å². The third kappa shape index (κ3) is 4.30. The average molecular weight is 412 g/mol. The maximum Gasteiger partial charge on any atom is 0.339 e. The third-order valence-electron chi connectivity index (χ3n) is 3.52. The van der Waals surface area contributed by atoms with Crippen LogP contribution in [0.4, 0.5) is 16.4 Å². The molecule has 0 radical (unpaired) electrons. The fourth-order valence-corrected chi connectivity index (χ4v) is 3.20. The van der Waals surface area contributed by atoms with Crippen molar-refractivity contribution in [3.63, 3.8) is 0 Å². The van der Waals surface area contributed by atoms with E-state index in [4.69, 9.17) is 16.0 Å². The minimum atomic E-state index is -0.459. The van der Waals surface area contributed by atoms with Crippen LogP contribution in [0.2, 0.25) is 5.02 Å². The highest BCUT2D eigenvalue weighted by Gasteiger charge is 2.19. The summed E-state index contributed by atoms with van der Waals surface area (Å²) in [4.78, 5) is 13.9. The van der Waals surface area contributed by atoms with Gasteiger partial charge in [0.2, 0.25) is 5.88 Å². The lowest BCUT2D eigenvalue weighted by molar-refractivity contribution is 0.252. The molecule has 6 nitrogen and oxygen atoms in total. The quantitative estimate of drug-likeness (QED) is 0.577. The Bertz CT molecular complexity index is 756. The molecule has 2 heterocycles. The van der Waals surface area contributed by atoms with Crippen molar-refractivity contribution in [2.75, 3.05) is 23.3 Å². The highest BCUT2D eigenvalue weighted by atomic mass is 79.9. The van der Waals surface area contributed by atoms with Crippen molar-refractivity contribution in [1.82, 2.24) is 5.43 Å². The number of urea groups is 1. The largest absolute Gasteiger partial charge is 0.438 e. The number of hydrogen-bond donors (Lipinski definition) is 2. The molecule has 24 heavy (non-hydrogen) atoms. The zero-order valence-corrected chi connectivity index (χ0v) is 15.1. The summed E-state index contributed by atoms with van der Waals surface area (Å²) in [5.74, 6) is 1.36. The molecule has 2 amide bonds. The zero-order chi connectivity index (χ0) is 16.9. The average Bonchev–Trinajstić information content (AvgIpc) is 3.16. The summed E-state index contributed by atoms with van der Waals surface area (Å²) in [7, 11) is 0. The molecule has 126 valence electrons. The van der Waals surface area contributed by atoms with Gasteiger partial charge in [0, 0.05) is 29.9 Å². The Morgan fingerprint density at radius 1 is 1.33 bits per heavy atom. The molecule has 1 aliphatic heterocycles. The number of anilines is 2. The van der Waals surface area contributed by atoms with Gasteiger partial charge in [-0.1, -0.05) is 17.7 Å². The Morgan fingerprint density at radius 3 is 2.88 bits per heavy atom. The number of carbonyl (C=O) groups excluding carboxylic acids is 1. The lowest BCUT2D eigenvalue weighted by atomic mass is 10.3. The Kier molecular flexibility index (Phi) is 5.42. The van der Waals surface area contributed by atoms with Gasteiger partial charge in [-0.2, -0.15) is 5.10 Å². The smallest absolute Gasteiger partial charge is 0.339 e. The van der Waals surface area contributed by atoms with Gasteiger partial charge in [0.05, 0.1) is 10.7 Å². The molecule has 2 N–H and O–H groups in total. The second-order valence-corrected chi connectivity index (χ2v) is 6.62. The van der Waals surface area contributed by atoms with Crippen LogP contribution in [0.1, 0.15) is 18.6 Å². The molecule has 1 aromatic carbocycles. The molecule has 0 atom stereocenters. The molecule has 0 unspecified atom stereocenters. The Morgan fingerprint density at radius 2 is 2.12 bits per heavy atom. The van der Waals surface area contributed by atoms with E-state index in [-0.39, 0.29) is 0 Å². The lowest BCUT2D eigenvalue weighted by Crippen LogP contribution is -2.24. The van der Waals surface area contributed by atoms with Crippen LogP contribution < -0.4 is 15.6 Å². The molecular formula is C16H16BrClN4O2. The fourth-order valence-electron chi connectivity index (χ4n) is 2.46. The number of nitrogens with one attached hydrogen (secondary N) is 2. The molecule has 2 aromatic rings. The standard InChI is InChI=1S/C16H16BrClN4O2/c17-14-9-13(24-15(14)22-6-1-2-7-22)10-19-21-16(23)20-12-5-3-4-11(18)8-12/h3-5,8-10H,1-2,6-7H2,(H2,20,21,23)/b19-10+. The number of hydrazone groups is 1. The van der Waals surface area contributed by atoms with Gasteiger partial charge in [-0.15, -0.1) is 0 Å². The Balaban J connectivity index is 1.56. The first-order chi connectivity index (χ1) is 11.6. The number of carbonyl (C=O) groups is 1. The van der Waals surface area contributed by atoms with Gasteiger partial charge in [0.15, 0.2) is 5.76 Å². The first kappa shape index (κ1) is 16.9. The van der Waals surface area contributed by atoms with Gasteiger partial charge in [-0.25, -0.2) is 10.2 Å². The van der Waals surface area contributed by atoms with E-state index in [0.717, 1.165) is 23.4 Å². The fraction of sp³-hybridized carbons (Fsp3) is 0.250. The zero-order valence-electron chi connectivity index (χ0n) is 12.8. The normalized spacial score (nSPS) is 14.3. The molecule has 0 saturated carbocycles. The van der Waals surface area contributed by atoms with Crippen LogP contribution in [0.15, 0.2) is 44.3 Å². The number of nitrogens with zero attached hydrogens (tertiary/aromatic N) is 2. The lowest BCUT2D eigenvalue weighted by Gasteiger charge is -2.13. The van der Waals surface area contributed by atoms with Crippen molar-refractivity contribution in [2.45, 2.75) is 12.8 Å². The molecule has 1 saturated heterocycles. The van der Waals surface area contributed by atoms with Crippen molar-refractivity contribution in [2.24, 2.45) is 5.10 Å². The Labute approximate surface area is 153 Å². The molecule has 3 rings (SSSR count). The van der Waals surface area contributed by atoms with E-state index in [0.29, 0.717) is 16.5 Å². The highest BCUT2D eigenvalue weighted by Crippen LogP contribution is 2.31. The van der Waals surface area contributed by atoms with Gasteiger partial charge in [0.25, 0.3) is 0 Å². The molecule has 0 bridgehead atoms. The van der Waals surface area contributed by atoms with Crippen LogP contribution in [-0.2, 0) is 0 Å². The predicted octanol–water partition coefficient (Wildman–Crippen LogP) is 4.45. The summed E-state index contributed by atoms with van der Waals surface area (Å²) >= 11 is 9.35. The molecule has 1 aromatic heterocycles. The summed E-state index contributed by atoms with van der Waals surface area (Å²) in [6.45, 7) is 1.98. The topological polar surface area (TPSA) is 69.9 Å². The van der Waals surface area contributed by atoms with Gasteiger partial charge in [-0.3, -0.25) is 0 Å². The number of hydrogen-bond acceptors (Lipinski definition) is 4. The van der Waals surface area contributed by atoms with E-state index >= 15 is 0 Å². The van der Waals surface area contributed by atoms with Crippen molar-refractivity contribution in [1.29, 1.82) is 0 Å². The molecule has 0 spiro atoms. The van der Waals surface area contributed by atoms with E-state index in [1.165, 1.54) is 19.1 Å². The number of benzene rings is 1. The molecule has 8 heteroatoms. The van der Waals surface area contributed by atoms with Gasteiger partial charge >= 0.3 is 6.03 Å². The van der Waals surface area contributed by atoms with Crippen molar-refractivity contribution >= 4 is 51.3 Å². The van der Waals surface area contributed by atoms with Crippen molar-refractivity contribution in [3.8, 4) is 0 Å². The van der Waals surface area contributed by atoms with Crippen LogP contribution in [0.3, 0.4) is 0 Å². The van der Waals surface area contributed by atoms with Crippen LogP contribution in [0, 0.1) is 0 Å². The van der Waals surface area contributed by atoms with E-state index in [2.05, 4.69) is 36.7 Å². The first-order valence-electron chi connectivity index (χ1n) is 7.52. The highest BCUT2D eigenvalue weighted by molar-refractivity contribution is 9.10. The minimum Gasteiger partial charge on any atom is -0.438 e. The van der Waals surface area contributed by atoms with Crippen LogP contribution in [0.5, 0.6) is 0 Å². The first-order valence-corrected chi connectivity index (χ1v) is 8.69. The maximum absolute atomic E-state index is 11.8. The second kappa shape index (κ2) is 7.72. The summed E-state index contributed by atoms with van der Waals surface area (Å²) in [6, 6.07) is 8.24. The van der Waals surface area contributed by atoms with E-state index in [9.17, 15) is 4.79 Å². The predicted molar refractivity (Wildman–Crippen MR) is 99.1 cm³/mol. The summed E-state index contributed by atoms with van der Waals surface area (Å²) in [6.07, 6.45) is 3.80. The monoisotopic (exact) mass is 410 g/mol. The van der Waals surface area contributed by atoms with Crippen molar-refractivity contribution in [3.05, 3.63) is 45.6 Å². The number of rotatable bonds is 4. The summed E-state index contributed by atoms with van der Waals surface area (Å²) < 4.78 is 6.64. The van der Waals surface area contributed by atoms with Crippen molar-refractivity contribution < 1.29 is 9.21 Å². The number of halogens is 2. The Hall–Kier alpha value is -1.99. The maximum atomic E-state index is 11.8. The molecular weight excluding hydrogens is 396 g/mol. The SMILES string of the molecule is O=C(N/N=C/c1cc(Br)c(N2CCCC2)o1)Nc1cccc(Cl)c1. The van der Waals surface area contributed by atoms with Crippen LogP contribution in [-0.4, -0.2) is 25.3 Å². The number of amides is 2. The third-order valence-corrected chi connectivity index (χ3v) is 4.32. The van der Waals surface area contributed by atoms with Gasteiger partial charge < -0.3 is 14.6 Å². The molecule has 1 aliphatic rings.